The lowest BCUT2D eigenvalue weighted by Gasteiger charge is -2.06. The summed E-state index contributed by atoms with van der Waals surface area (Å²) in [4.78, 5) is 12.5. The average Bonchev–Trinajstić information content (AvgIpc) is 3.07. The predicted molar refractivity (Wildman–Crippen MR) is 94.2 cm³/mol. The molecule has 0 atom stereocenters. The fourth-order valence-electron chi connectivity index (χ4n) is 2.53. The zero-order valence-corrected chi connectivity index (χ0v) is 14.3. The number of hydrogen-bond donors (Lipinski definition) is 1. The number of nitrogens with zero attached hydrogens (tertiary/aromatic N) is 2. The minimum Gasteiger partial charge on any atom is -0.497 e. The van der Waals surface area contributed by atoms with Gasteiger partial charge >= 0.3 is 0 Å². The summed E-state index contributed by atoms with van der Waals surface area (Å²) in [6, 6.07) is 11.4. The summed E-state index contributed by atoms with van der Waals surface area (Å²) in [6.45, 7) is 2.26. The summed E-state index contributed by atoms with van der Waals surface area (Å²) in [6.07, 6.45) is 0. The van der Waals surface area contributed by atoms with E-state index in [0.717, 1.165) is 0 Å². The van der Waals surface area contributed by atoms with Gasteiger partial charge in [-0.25, -0.2) is 8.78 Å². The summed E-state index contributed by atoms with van der Waals surface area (Å²) in [5, 5.41) is 6.98. The van der Waals surface area contributed by atoms with Gasteiger partial charge in [-0.05, 0) is 49.4 Å². The molecular formula is C19H17F2N3O2. The number of methoxy groups -OCH3 is 1. The van der Waals surface area contributed by atoms with Gasteiger partial charge < -0.3 is 10.1 Å². The van der Waals surface area contributed by atoms with Crippen molar-refractivity contribution in [1.82, 2.24) is 9.78 Å². The lowest BCUT2D eigenvalue weighted by molar-refractivity contribution is 0.101. The molecule has 0 fully saturated rings. The number of hydrogen-bond acceptors (Lipinski definition) is 3. The van der Waals surface area contributed by atoms with E-state index in [1.165, 1.54) is 48.2 Å². The largest absolute Gasteiger partial charge is 0.497 e. The third-order valence-electron chi connectivity index (χ3n) is 3.87. The number of amides is 1. The van der Waals surface area contributed by atoms with Gasteiger partial charge in [0.05, 0.1) is 12.8 Å². The van der Waals surface area contributed by atoms with Gasteiger partial charge in [-0.3, -0.25) is 9.48 Å². The Morgan fingerprint density at radius 3 is 2.50 bits per heavy atom. The van der Waals surface area contributed by atoms with E-state index in [2.05, 4.69) is 10.4 Å². The van der Waals surface area contributed by atoms with Crippen LogP contribution in [0.2, 0.25) is 0 Å². The van der Waals surface area contributed by atoms with Gasteiger partial charge in [-0.15, -0.1) is 0 Å². The maximum Gasteiger partial charge on any atom is 0.273 e. The van der Waals surface area contributed by atoms with Crippen LogP contribution in [-0.2, 0) is 6.54 Å². The Balaban J connectivity index is 1.91. The molecule has 0 aliphatic heterocycles. The summed E-state index contributed by atoms with van der Waals surface area (Å²) >= 11 is 0. The van der Waals surface area contributed by atoms with Crippen LogP contribution in [-0.4, -0.2) is 22.8 Å². The van der Waals surface area contributed by atoms with Crippen molar-refractivity contribution in [2.75, 3.05) is 12.4 Å². The van der Waals surface area contributed by atoms with Crippen molar-refractivity contribution in [3.8, 4) is 17.0 Å². The number of ether oxygens (including phenoxy) is 1. The maximum absolute atomic E-state index is 14.3. The third kappa shape index (κ3) is 3.56. The zero-order valence-electron chi connectivity index (χ0n) is 14.3. The van der Waals surface area contributed by atoms with Crippen LogP contribution in [0.5, 0.6) is 5.75 Å². The number of aryl methyl sites for hydroxylation is 1. The number of carbonyl (C=O) groups excluding carboxylic acids is 1. The second-order valence-electron chi connectivity index (χ2n) is 5.54. The van der Waals surface area contributed by atoms with Crippen LogP contribution in [0.15, 0.2) is 48.5 Å². The predicted octanol–water partition coefficient (Wildman–Crippen LogP) is 4.11. The van der Waals surface area contributed by atoms with E-state index in [9.17, 15) is 13.6 Å². The highest BCUT2D eigenvalue weighted by Crippen LogP contribution is 2.26. The van der Waals surface area contributed by atoms with E-state index in [1.807, 2.05) is 6.92 Å². The van der Waals surface area contributed by atoms with Crippen molar-refractivity contribution < 1.29 is 18.3 Å². The van der Waals surface area contributed by atoms with Gasteiger partial charge in [0.25, 0.3) is 5.91 Å². The van der Waals surface area contributed by atoms with E-state index in [0.29, 0.717) is 23.7 Å². The first-order valence-corrected chi connectivity index (χ1v) is 8.00. The standard InChI is InChI=1S/C19H17F2N3O2/c1-3-24-18(19(25)22-13-6-4-12(20)5-7-13)11-17(23-24)15-9-8-14(26-2)10-16(15)21/h4-11H,3H2,1-2H3,(H,22,25). The number of aromatic nitrogens is 2. The molecule has 2 aromatic carbocycles. The number of carbonyl (C=O) groups is 1. The molecule has 0 aliphatic carbocycles. The molecule has 3 aromatic rings. The molecular weight excluding hydrogens is 340 g/mol. The molecule has 1 aromatic heterocycles. The molecule has 0 radical (unpaired) electrons. The van der Waals surface area contributed by atoms with E-state index in [-0.39, 0.29) is 17.1 Å². The number of rotatable bonds is 5. The monoisotopic (exact) mass is 357 g/mol. The van der Waals surface area contributed by atoms with Gasteiger partial charge in [0, 0.05) is 23.9 Å². The van der Waals surface area contributed by atoms with Gasteiger partial charge in [0.2, 0.25) is 0 Å². The highest BCUT2D eigenvalue weighted by atomic mass is 19.1. The molecule has 26 heavy (non-hydrogen) atoms. The van der Waals surface area contributed by atoms with Crippen LogP contribution in [0, 0.1) is 11.6 Å². The molecule has 0 unspecified atom stereocenters. The quantitative estimate of drug-likeness (QED) is 0.748. The van der Waals surface area contributed by atoms with Crippen LogP contribution in [0.1, 0.15) is 17.4 Å². The maximum atomic E-state index is 14.3. The second kappa shape index (κ2) is 7.35. The van der Waals surface area contributed by atoms with Crippen LogP contribution in [0.25, 0.3) is 11.3 Å². The van der Waals surface area contributed by atoms with E-state index in [1.54, 1.807) is 12.1 Å². The van der Waals surface area contributed by atoms with E-state index < -0.39 is 11.7 Å². The molecule has 5 nitrogen and oxygen atoms in total. The third-order valence-corrected chi connectivity index (χ3v) is 3.87. The normalized spacial score (nSPS) is 10.6. The van der Waals surface area contributed by atoms with Crippen molar-refractivity contribution in [2.45, 2.75) is 13.5 Å². The molecule has 7 heteroatoms. The molecule has 0 saturated carbocycles. The second-order valence-corrected chi connectivity index (χ2v) is 5.54. The summed E-state index contributed by atoms with van der Waals surface area (Å²) < 4.78 is 33.7. The number of anilines is 1. The van der Waals surface area contributed by atoms with Crippen molar-refractivity contribution in [1.29, 1.82) is 0 Å². The van der Waals surface area contributed by atoms with Crippen molar-refractivity contribution >= 4 is 11.6 Å². The van der Waals surface area contributed by atoms with Crippen LogP contribution in [0.3, 0.4) is 0 Å². The molecule has 1 amide bonds. The SMILES string of the molecule is CCn1nc(-c2ccc(OC)cc2F)cc1C(=O)Nc1ccc(F)cc1. The molecule has 0 saturated heterocycles. The molecule has 1 N–H and O–H groups in total. The lowest BCUT2D eigenvalue weighted by Crippen LogP contribution is -2.17. The van der Waals surface area contributed by atoms with Crippen molar-refractivity contribution in [3.63, 3.8) is 0 Å². The number of nitrogens with one attached hydrogen (secondary N) is 1. The van der Waals surface area contributed by atoms with E-state index in [4.69, 9.17) is 4.74 Å². The Morgan fingerprint density at radius 2 is 1.88 bits per heavy atom. The molecule has 0 bridgehead atoms. The Hall–Kier alpha value is -3.22. The average molecular weight is 357 g/mol. The molecule has 134 valence electrons. The minimum atomic E-state index is -0.490. The highest BCUT2D eigenvalue weighted by molar-refractivity contribution is 6.03. The number of halogens is 2. The number of benzene rings is 2. The highest BCUT2D eigenvalue weighted by Gasteiger charge is 2.18. The van der Waals surface area contributed by atoms with Gasteiger partial charge in [-0.2, -0.15) is 5.10 Å². The summed E-state index contributed by atoms with van der Waals surface area (Å²) in [5.74, 6) is -0.893. The Morgan fingerprint density at radius 1 is 1.15 bits per heavy atom. The Bertz CT molecular complexity index is 936. The first-order valence-electron chi connectivity index (χ1n) is 8.00. The fraction of sp³-hybridized carbons (Fsp3) is 0.158. The molecule has 1 heterocycles. The summed E-state index contributed by atoms with van der Waals surface area (Å²) in [7, 11) is 1.46. The molecule has 3 rings (SSSR count). The van der Waals surface area contributed by atoms with Gasteiger partial charge in [0.1, 0.15) is 23.1 Å². The van der Waals surface area contributed by atoms with Gasteiger partial charge in [-0.1, -0.05) is 0 Å². The van der Waals surface area contributed by atoms with Crippen LogP contribution < -0.4 is 10.1 Å². The van der Waals surface area contributed by atoms with Crippen molar-refractivity contribution in [2.24, 2.45) is 0 Å². The Kier molecular flexibility index (Phi) is 4.97. The summed E-state index contributed by atoms with van der Waals surface area (Å²) in [5.41, 5.74) is 1.35. The minimum absolute atomic E-state index is 0.272. The zero-order chi connectivity index (χ0) is 18.7. The first-order chi connectivity index (χ1) is 12.5. The smallest absolute Gasteiger partial charge is 0.273 e. The Labute approximate surface area is 149 Å². The van der Waals surface area contributed by atoms with E-state index >= 15 is 0 Å². The van der Waals surface area contributed by atoms with Crippen LogP contribution in [0.4, 0.5) is 14.5 Å². The topological polar surface area (TPSA) is 56.2 Å². The first kappa shape index (κ1) is 17.6. The molecule has 0 aliphatic rings. The fourth-order valence-corrected chi connectivity index (χ4v) is 2.53. The lowest BCUT2D eigenvalue weighted by atomic mass is 10.1. The molecule has 0 spiro atoms. The van der Waals surface area contributed by atoms with Crippen molar-refractivity contribution in [3.05, 3.63) is 65.9 Å². The van der Waals surface area contributed by atoms with Gasteiger partial charge in [0.15, 0.2) is 0 Å². The van der Waals surface area contributed by atoms with Crippen LogP contribution >= 0.6 is 0 Å².